The quantitative estimate of drug-likeness (QED) is 0.378. The molecular weight excluding hydrogens is 128 g/mol. The Balaban J connectivity index is 2.45. The van der Waals surface area contributed by atoms with Gasteiger partial charge in [-0.1, -0.05) is 0 Å². The van der Waals surface area contributed by atoms with Gasteiger partial charge in [-0.2, -0.15) is 0 Å². The van der Waals surface area contributed by atoms with E-state index in [0.29, 0.717) is 0 Å². The first-order valence-electron chi connectivity index (χ1n) is 1.63. The van der Waals surface area contributed by atoms with Crippen molar-refractivity contribution in [2.45, 2.75) is 0 Å². The van der Waals surface area contributed by atoms with Gasteiger partial charge in [0.05, 0.1) is 0 Å². The molecule has 0 aliphatic heterocycles. The molecule has 3 nitrogen and oxygen atoms in total. The first kappa shape index (κ1) is 7.31. The van der Waals surface area contributed by atoms with Crippen molar-refractivity contribution in [2.75, 3.05) is 14.2 Å². The van der Waals surface area contributed by atoms with Crippen LogP contribution in [0.4, 0.5) is 0 Å². The summed E-state index contributed by atoms with van der Waals surface area (Å²) >= 11 is 0. The first-order valence-corrected chi connectivity index (χ1v) is 3.27. The van der Waals surface area contributed by atoms with E-state index in [1.54, 1.807) is 14.2 Å². The van der Waals surface area contributed by atoms with Crippen LogP contribution in [0.3, 0.4) is 0 Å². The smallest absolute Gasteiger partial charge is 0.411 e. The maximum Gasteiger partial charge on any atom is 0.422 e. The Labute approximate surface area is 48.1 Å². The molecule has 0 aliphatic rings. The standard InChI is InChI=1S/C2H6O3Si2/c1-3-6-5-7-4-2/h1-2H3. The Morgan fingerprint density at radius 1 is 1.00 bits per heavy atom. The van der Waals surface area contributed by atoms with E-state index >= 15 is 0 Å². The van der Waals surface area contributed by atoms with Gasteiger partial charge in [0, 0.05) is 14.2 Å². The van der Waals surface area contributed by atoms with Crippen LogP contribution >= 0.6 is 0 Å². The van der Waals surface area contributed by atoms with Gasteiger partial charge < -0.3 is 13.0 Å². The third-order valence-electron chi connectivity index (χ3n) is 0.250. The molecule has 40 valence electrons. The lowest BCUT2D eigenvalue weighted by Gasteiger charge is -1.91. The Morgan fingerprint density at radius 3 is 1.71 bits per heavy atom. The summed E-state index contributed by atoms with van der Waals surface area (Å²) in [6.07, 6.45) is 0. The summed E-state index contributed by atoms with van der Waals surface area (Å²) < 4.78 is 13.9. The maximum absolute atomic E-state index is 4.74. The van der Waals surface area contributed by atoms with Crippen molar-refractivity contribution in [3.63, 3.8) is 0 Å². The zero-order valence-electron chi connectivity index (χ0n) is 4.22. The van der Waals surface area contributed by atoms with Crippen molar-refractivity contribution in [2.24, 2.45) is 0 Å². The van der Waals surface area contributed by atoms with Crippen LogP contribution in [0.2, 0.25) is 0 Å². The molecule has 0 fully saturated rings. The van der Waals surface area contributed by atoms with Crippen molar-refractivity contribution >= 4 is 20.0 Å². The summed E-state index contributed by atoms with van der Waals surface area (Å²) in [5, 5.41) is 0. The molecule has 7 heavy (non-hydrogen) atoms. The second-order valence-corrected chi connectivity index (χ2v) is 2.64. The lowest BCUT2D eigenvalue weighted by atomic mass is 11.8. The van der Waals surface area contributed by atoms with Crippen LogP contribution in [0.5, 0.6) is 0 Å². The average Bonchev–Trinajstić information content (AvgIpc) is 1.69. The van der Waals surface area contributed by atoms with Crippen molar-refractivity contribution in [3.05, 3.63) is 0 Å². The number of rotatable bonds is 4. The lowest BCUT2D eigenvalue weighted by Crippen LogP contribution is -2.07. The molecule has 0 heterocycles. The van der Waals surface area contributed by atoms with Crippen molar-refractivity contribution < 1.29 is 13.0 Å². The summed E-state index contributed by atoms with van der Waals surface area (Å²) in [6, 6.07) is 0. The molecule has 0 aromatic heterocycles. The van der Waals surface area contributed by atoms with Gasteiger partial charge in [-0.15, -0.1) is 0 Å². The third kappa shape index (κ3) is 6.31. The fourth-order valence-electron chi connectivity index (χ4n) is 0.100. The van der Waals surface area contributed by atoms with E-state index < -0.39 is 0 Å². The topological polar surface area (TPSA) is 27.7 Å². The highest BCUT2D eigenvalue weighted by molar-refractivity contribution is 6.34. The van der Waals surface area contributed by atoms with Gasteiger partial charge in [0.15, 0.2) is 0 Å². The van der Waals surface area contributed by atoms with Gasteiger partial charge in [-0.25, -0.2) is 0 Å². The molecule has 0 saturated heterocycles. The summed E-state index contributed by atoms with van der Waals surface area (Å²) in [5.74, 6) is 0. The summed E-state index contributed by atoms with van der Waals surface area (Å²) in [7, 11) is 3.38. The molecule has 0 aromatic carbocycles. The monoisotopic (exact) mass is 134 g/mol. The van der Waals surface area contributed by atoms with E-state index in [4.69, 9.17) is 4.12 Å². The summed E-state index contributed by atoms with van der Waals surface area (Å²) in [6.45, 7) is 0. The van der Waals surface area contributed by atoms with Crippen LogP contribution in [-0.2, 0) is 13.0 Å². The van der Waals surface area contributed by atoms with Crippen LogP contribution in [0.25, 0.3) is 0 Å². The predicted molar refractivity (Wildman–Crippen MR) is 26.6 cm³/mol. The minimum absolute atomic E-state index is 0.109. The van der Waals surface area contributed by atoms with Crippen LogP contribution in [0, 0.1) is 0 Å². The highest BCUT2D eigenvalue weighted by Crippen LogP contribution is 1.65. The van der Waals surface area contributed by atoms with Gasteiger partial charge in [0.1, 0.15) is 0 Å². The summed E-state index contributed by atoms with van der Waals surface area (Å²) in [5.41, 5.74) is 0. The van der Waals surface area contributed by atoms with Crippen molar-refractivity contribution in [1.29, 1.82) is 0 Å². The molecule has 0 amide bonds. The van der Waals surface area contributed by atoms with Crippen molar-refractivity contribution in [3.8, 4) is 0 Å². The Kier molecular flexibility index (Phi) is 6.60. The molecule has 0 N–H and O–H groups in total. The maximum atomic E-state index is 4.74. The van der Waals surface area contributed by atoms with E-state index in [9.17, 15) is 0 Å². The predicted octanol–water partition coefficient (Wildman–Crippen LogP) is -0.636. The van der Waals surface area contributed by atoms with Gasteiger partial charge in [0.2, 0.25) is 0 Å². The van der Waals surface area contributed by atoms with E-state index in [0.717, 1.165) is 0 Å². The van der Waals surface area contributed by atoms with E-state index in [-0.39, 0.29) is 20.0 Å². The van der Waals surface area contributed by atoms with Crippen LogP contribution in [0.15, 0.2) is 0 Å². The van der Waals surface area contributed by atoms with Gasteiger partial charge >= 0.3 is 20.0 Å². The normalized spacial score (nSPS) is 9.43. The largest absolute Gasteiger partial charge is 0.422 e. The molecule has 4 radical (unpaired) electrons. The van der Waals surface area contributed by atoms with Crippen LogP contribution < -0.4 is 0 Å². The van der Waals surface area contributed by atoms with E-state index in [2.05, 4.69) is 8.85 Å². The molecule has 0 atom stereocenters. The lowest BCUT2D eigenvalue weighted by molar-refractivity contribution is 0.320. The van der Waals surface area contributed by atoms with E-state index in [1.807, 2.05) is 0 Å². The highest BCUT2D eigenvalue weighted by atomic mass is 28.3. The summed E-state index contributed by atoms with van der Waals surface area (Å²) in [4.78, 5) is 0. The average molecular weight is 134 g/mol. The molecular formula is C2H6O3Si2. The van der Waals surface area contributed by atoms with Gasteiger partial charge in [-0.3, -0.25) is 0 Å². The highest BCUT2D eigenvalue weighted by Gasteiger charge is 1.88. The molecule has 0 spiro atoms. The first-order chi connectivity index (χ1) is 3.41. The van der Waals surface area contributed by atoms with Gasteiger partial charge in [0.25, 0.3) is 0 Å². The zero-order chi connectivity index (χ0) is 5.54. The fourth-order valence-corrected chi connectivity index (χ4v) is 0.903. The Morgan fingerprint density at radius 2 is 1.43 bits per heavy atom. The SMILES string of the molecule is CO[Si]O[Si]OC. The minimum Gasteiger partial charge on any atom is -0.411 e. The minimum atomic E-state index is 0.109. The molecule has 0 rings (SSSR count). The second kappa shape index (κ2) is 6.31. The molecule has 0 aliphatic carbocycles. The molecule has 0 unspecified atom stereocenters. The fraction of sp³-hybridized carbons (Fsp3) is 1.00. The number of hydrogen-bond donors (Lipinski definition) is 0. The van der Waals surface area contributed by atoms with E-state index in [1.165, 1.54) is 0 Å². The second-order valence-electron chi connectivity index (χ2n) is 0.677. The Hall–Kier alpha value is 0.314. The van der Waals surface area contributed by atoms with Crippen molar-refractivity contribution in [1.82, 2.24) is 0 Å². The van der Waals surface area contributed by atoms with Crippen LogP contribution in [0.1, 0.15) is 0 Å². The molecule has 0 saturated carbocycles. The van der Waals surface area contributed by atoms with Crippen LogP contribution in [-0.4, -0.2) is 34.2 Å². The molecule has 0 bridgehead atoms. The number of hydrogen-bond acceptors (Lipinski definition) is 3. The molecule has 5 heteroatoms. The Bertz CT molecular complexity index is 30.1. The zero-order valence-corrected chi connectivity index (χ0v) is 6.22. The molecule has 0 aromatic rings. The third-order valence-corrected chi connectivity index (χ3v) is 1.25. The van der Waals surface area contributed by atoms with Gasteiger partial charge in [-0.05, 0) is 0 Å².